The van der Waals surface area contributed by atoms with Gasteiger partial charge in [-0.3, -0.25) is 4.79 Å². The van der Waals surface area contributed by atoms with E-state index in [4.69, 9.17) is 5.11 Å². The number of hydrogen-bond acceptors (Lipinski definition) is 3. The van der Waals surface area contributed by atoms with Crippen LogP contribution in [0.25, 0.3) is 0 Å². The van der Waals surface area contributed by atoms with E-state index in [1.165, 1.54) is 9.78 Å². The molecule has 1 aliphatic rings. The van der Waals surface area contributed by atoms with E-state index in [1.54, 1.807) is 11.3 Å². The molecule has 1 aromatic heterocycles. The first-order chi connectivity index (χ1) is 8.59. The van der Waals surface area contributed by atoms with E-state index in [2.05, 4.69) is 0 Å². The molecule has 2 rings (SSSR count). The Labute approximate surface area is 110 Å². The molecule has 2 atom stereocenters. The zero-order chi connectivity index (χ0) is 13.1. The lowest BCUT2D eigenvalue weighted by atomic mass is 10.0. The number of rotatable bonds is 4. The van der Waals surface area contributed by atoms with Crippen LogP contribution < -0.4 is 0 Å². The Morgan fingerprint density at radius 1 is 1.61 bits per heavy atom. The van der Waals surface area contributed by atoms with E-state index < -0.39 is 12.0 Å². The number of likely N-dealkylation sites (tertiary alicyclic amines) is 1. The highest BCUT2D eigenvalue weighted by molar-refractivity contribution is 7.09. The van der Waals surface area contributed by atoms with Crippen LogP contribution >= 0.6 is 11.3 Å². The SMILES string of the molecule is C[C@H](Cc1cccs1)C(=O)N1CCC[C@@H]1C(=O)O. The highest BCUT2D eigenvalue weighted by Gasteiger charge is 2.35. The second-order valence-corrected chi connectivity index (χ2v) is 5.74. The van der Waals surface area contributed by atoms with Crippen molar-refractivity contribution in [3.8, 4) is 0 Å². The molecule has 18 heavy (non-hydrogen) atoms. The molecule has 0 unspecified atom stereocenters. The van der Waals surface area contributed by atoms with Crippen LogP contribution in [-0.2, 0) is 16.0 Å². The van der Waals surface area contributed by atoms with Gasteiger partial charge in [0.05, 0.1) is 0 Å². The Morgan fingerprint density at radius 2 is 2.39 bits per heavy atom. The van der Waals surface area contributed by atoms with Crippen LogP contribution in [-0.4, -0.2) is 34.5 Å². The van der Waals surface area contributed by atoms with Gasteiger partial charge in [0.25, 0.3) is 0 Å². The third-order valence-corrected chi connectivity index (χ3v) is 4.23. The Hall–Kier alpha value is -1.36. The molecule has 0 spiro atoms. The maximum absolute atomic E-state index is 12.3. The summed E-state index contributed by atoms with van der Waals surface area (Å²) >= 11 is 1.63. The number of carboxylic acids is 1. The molecule has 1 aliphatic heterocycles. The van der Waals surface area contributed by atoms with Crippen LogP contribution in [0.1, 0.15) is 24.6 Å². The molecule has 5 heteroatoms. The quantitative estimate of drug-likeness (QED) is 0.907. The van der Waals surface area contributed by atoms with E-state index in [0.717, 1.165) is 6.42 Å². The normalized spacial score (nSPS) is 20.9. The van der Waals surface area contributed by atoms with Crippen molar-refractivity contribution < 1.29 is 14.7 Å². The summed E-state index contributed by atoms with van der Waals surface area (Å²) in [4.78, 5) is 26.0. The van der Waals surface area contributed by atoms with E-state index in [1.807, 2.05) is 24.4 Å². The lowest BCUT2D eigenvalue weighted by Gasteiger charge is -2.24. The van der Waals surface area contributed by atoms with Gasteiger partial charge in [0.2, 0.25) is 5.91 Å². The van der Waals surface area contributed by atoms with E-state index >= 15 is 0 Å². The van der Waals surface area contributed by atoms with Gasteiger partial charge in [0.1, 0.15) is 6.04 Å². The third kappa shape index (κ3) is 2.72. The smallest absolute Gasteiger partial charge is 0.326 e. The minimum absolute atomic E-state index is 0.0340. The van der Waals surface area contributed by atoms with Crippen molar-refractivity contribution in [3.63, 3.8) is 0 Å². The minimum Gasteiger partial charge on any atom is -0.480 e. The van der Waals surface area contributed by atoms with E-state index in [9.17, 15) is 9.59 Å². The molecular weight excluding hydrogens is 250 g/mol. The standard InChI is InChI=1S/C13H17NO3S/c1-9(8-10-4-3-7-18-10)12(15)14-6-2-5-11(14)13(16)17/h3-4,7,9,11H,2,5-6,8H2,1H3,(H,16,17)/t9-,11-/m1/s1. The fourth-order valence-corrected chi connectivity index (χ4v) is 3.22. The Bertz CT molecular complexity index is 429. The van der Waals surface area contributed by atoms with E-state index in [0.29, 0.717) is 19.4 Å². The van der Waals surface area contributed by atoms with Crippen LogP contribution in [0.15, 0.2) is 17.5 Å². The van der Waals surface area contributed by atoms with Crippen LogP contribution in [0, 0.1) is 5.92 Å². The van der Waals surface area contributed by atoms with Gasteiger partial charge < -0.3 is 10.0 Å². The summed E-state index contributed by atoms with van der Waals surface area (Å²) in [5.41, 5.74) is 0. The van der Waals surface area contributed by atoms with Gasteiger partial charge in [-0.15, -0.1) is 11.3 Å². The van der Waals surface area contributed by atoms with Crippen LogP contribution in [0.2, 0.25) is 0 Å². The molecule has 0 radical (unpaired) electrons. The monoisotopic (exact) mass is 267 g/mol. The number of nitrogens with zero attached hydrogens (tertiary/aromatic N) is 1. The predicted molar refractivity (Wildman–Crippen MR) is 69.6 cm³/mol. The van der Waals surface area contributed by atoms with E-state index in [-0.39, 0.29) is 11.8 Å². The Morgan fingerprint density at radius 3 is 3.00 bits per heavy atom. The van der Waals surface area contributed by atoms with Gasteiger partial charge >= 0.3 is 5.97 Å². The topological polar surface area (TPSA) is 57.6 Å². The lowest BCUT2D eigenvalue weighted by Crippen LogP contribution is -2.43. The first kappa shape index (κ1) is 13.1. The summed E-state index contributed by atoms with van der Waals surface area (Å²) in [6.45, 7) is 2.45. The zero-order valence-corrected chi connectivity index (χ0v) is 11.2. The maximum Gasteiger partial charge on any atom is 0.326 e. The van der Waals surface area contributed by atoms with Crippen molar-refractivity contribution >= 4 is 23.2 Å². The summed E-state index contributed by atoms with van der Waals surface area (Å²) < 4.78 is 0. The lowest BCUT2D eigenvalue weighted by molar-refractivity contribution is -0.149. The van der Waals surface area contributed by atoms with Crippen LogP contribution in [0.3, 0.4) is 0 Å². The average Bonchev–Trinajstić information content (AvgIpc) is 2.97. The average molecular weight is 267 g/mol. The molecule has 1 aromatic rings. The van der Waals surface area contributed by atoms with Gasteiger partial charge in [-0.1, -0.05) is 13.0 Å². The molecule has 0 saturated carbocycles. The number of hydrogen-bond donors (Lipinski definition) is 1. The fraction of sp³-hybridized carbons (Fsp3) is 0.538. The first-order valence-corrected chi connectivity index (χ1v) is 7.03. The number of carbonyl (C=O) groups excluding carboxylic acids is 1. The summed E-state index contributed by atoms with van der Waals surface area (Å²) in [6.07, 6.45) is 2.06. The van der Waals surface area contributed by atoms with Crippen molar-refractivity contribution in [3.05, 3.63) is 22.4 Å². The largest absolute Gasteiger partial charge is 0.480 e. The molecule has 1 saturated heterocycles. The zero-order valence-electron chi connectivity index (χ0n) is 10.3. The molecule has 0 bridgehead atoms. The summed E-state index contributed by atoms with van der Waals surface area (Å²) in [6, 6.07) is 3.35. The van der Waals surface area contributed by atoms with Gasteiger partial charge in [0, 0.05) is 17.3 Å². The van der Waals surface area contributed by atoms with Gasteiger partial charge in [-0.25, -0.2) is 4.79 Å². The van der Waals surface area contributed by atoms with Crippen molar-refractivity contribution in [1.82, 2.24) is 4.90 Å². The minimum atomic E-state index is -0.885. The fourth-order valence-electron chi connectivity index (χ4n) is 2.39. The highest BCUT2D eigenvalue weighted by Crippen LogP contribution is 2.22. The first-order valence-electron chi connectivity index (χ1n) is 6.15. The molecule has 98 valence electrons. The molecule has 1 fully saturated rings. The molecule has 2 heterocycles. The number of carbonyl (C=O) groups is 2. The van der Waals surface area contributed by atoms with Crippen molar-refractivity contribution in [2.75, 3.05) is 6.54 Å². The second-order valence-electron chi connectivity index (χ2n) is 4.71. The molecule has 1 amide bonds. The maximum atomic E-state index is 12.3. The molecule has 4 nitrogen and oxygen atoms in total. The highest BCUT2D eigenvalue weighted by atomic mass is 32.1. The second kappa shape index (κ2) is 5.52. The summed E-state index contributed by atoms with van der Waals surface area (Å²) in [5, 5.41) is 11.1. The van der Waals surface area contributed by atoms with Crippen molar-refractivity contribution in [1.29, 1.82) is 0 Å². The molecule has 0 aromatic carbocycles. The Kier molecular flexibility index (Phi) is 4.01. The van der Waals surface area contributed by atoms with Gasteiger partial charge in [0.15, 0.2) is 0 Å². The van der Waals surface area contributed by atoms with Gasteiger partial charge in [-0.05, 0) is 30.7 Å². The molecule has 1 N–H and O–H groups in total. The summed E-state index contributed by atoms with van der Waals surface area (Å²) in [5.74, 6) is -1.07. The molecular formula is C13H17NO3S. The van der Waals surface area contributed by atoms with Crippen LogP contribution in [0.5, 0.6) is 0 Å². The Balaban J connectivity index is 1.99. The third-order valence-electron chi connectivity index (χ3n) is 3.33. The number of aliphatic carboxylic acids is 1. The summed E-state index contributed by atoms with van der Waals surface area (Å²) in [7, 11) is 0. The molecule has 0 aliphatic carbocycles. The van der Waals surface area contributed by atoms with Crippen LogP contribution in [0.4, 0.5) is 0 Å². The van der Waals surface area contributed by atoms with Crippen molar-refractivity contribution in [2.24, 2.45) is 5.92 Å². The number of thiophene rings is 1. The van der Waals surface area contributed by atoms with Crippen molar-refractivity contribution in [2.45, 2.75) is 32.2 Å². The van der Waals surface area contributed by atoms with Gasteiger partial charge in [-0.2, -0.15) is 0 Å². The predicted octanol–water partition coefficient (Wildman–Crippen LogP) is 2.00. The number of amides is 1. The number of carboxylic acid groups (broad SMARTS) is 1.